The van der Waals surface area contributed by atoms with E-state index in [0.717, 1.165) is 37.9 Å². The van der Waals surface area contributed by atoms with Gasteiger partial charge in [-0.25, -0.2) is 0 Å². The van der Waals surface area contributed by atoms with Gasteiger partial charge in [0.2, 0.25) is 0 Å². The van der Waals surface area contributed by atoms with Crippen LogP contribution in [-0.2, 0) is 0 Å². The fraction of sp³-hybridized carbons (Fsp3) is 0.933. The van der Waals surface area contributed by atoms with Gasteiger partial charge in [-0.2, -0.15) is 0 Å². The lowest BCUT2D eigenvalue weighted by molar-refractivity contribution is 0.188. The van der Waals surface area contributed by atoms with Crippen molar-refractivity contribution in [2.24, 2.45) is 10.9 Å². The number of piperidine rings is 1. The minimum atomic E-state index is 0.769. The van der Waals surface area contributed by atoms with E-state index in [1.807, 2.05) is 0 Å². The summed E-state index contributed by atoms with van der Waals surface area (Å²) >= 11 is 0. The zero-order valence-corrected chi connectivity index (χ0v) is 13.0. The van der Waals surface area contributed by atoms with Crippen LogP contribution >= 0.6 is 0 Å². The van der Waals surface area contributed by atoms with E-state index in [-0.39, 0.29) is 0 Å². The van der Waals surface area contributed by atoms with Crippen LogP contribution < -0.4 is 10.6 Å². The van der Waals surface area contributed by atoms with E-state index in [1.165, 1.54) is 38.9 Å². The van der Waals surface area contributed by atoms with Gasteiger partial charge in [0.15, 0.2) is 5.96 Å². The Balaban J connectivity index is 2.29. The summed E-state index contributed by atoms with van der Waals surface area (Å²) in [5, 5.41) is 6.68. The normalized spacial score (nSPS) is 18.6. The first kappa shape index (κ1) is 16.3. The third kappa shape index (κ3) is 6.81. The molecule has 1 saturated heterocycles. The molecule has 1 aliphatic heterocycles. The third-order valence-electron chi connectivity index (χ3n) is 3.64. The van der Waals surface area contributed by atoms with Crippen LogP contribution in [0.15, 0.2) is 4.99 Å². The number of hydrogen-bond donors (Lipinski definition) is 2. The summed E-state index contributed by atoms with van der Waals surface area (Å²) < 4.78 is 0. The number of hydrogen-bond acceptors (Lipinski definition) is 2. The van der Waals surface area contributed by atoms with Gasteiger partial charge in [-0.1, -0.05) is 13.8 Å². The van der Waals surface area contributed by atoms with Crippen molar-refractivity contribution in [3.05, 3.63) is 0 Å². The lowest BCUT2D eigenvalue weighted by Gasteiger charge is -2.31. The summed E-state index contributed by atoms with van der Waals surface area (Å²) in [4.78, 5) is 7.31. The minimum Gasteiger partial charge on any atom is -0.357 e. The highest BCUT2D eigenvalue weighted by atomic mass is 15.2. The van der Waals surface area contributed by atoms with Gasteiger partial charge in [-0.3, -0.25) is 4.99 Å². The van der Waals surface area contributed by atoms with Crippen molar-refractivity contribution in [3.8, 4) is 0 Å². The Hall–Kier alpha value is -0.770. The molecular weight excluding hydrogens is 236 g/mol. The first-order valence-electron chi connectivity index (χ1n) is 8.04. The van der Waals surface area contributed by atoms with Crippen LogP contribution in [0.5, 0.6) is 0 Å². The molecule has 0 aromatic rings. The van der Waals surface area contributed by atoms with Crippen LogP contribution in [0, 0.1) is 5.92 Å². The first-order chi connectivity index (χ1) is 9.30. The van der Waals surface area contributed by atoms with Crippen molar-refractivity contribution in [3.63, 3.8) is 0 Å². The second-order valence-electron chi connectivity index (χ2n) is 5.43. The lowest BCUT2D eigenvalue weighted by Crippen LogP contribution is -2.39. The number of likely N-dealkylation sites (tertiary alicyclic amines) is 1. The average molecular weight is 268 g/mol. The SMILES string of the molecule is CCCNC(=NCC1CCN(CCC)CC1)NCC. The van der Waals surface area contributed by atoms with Crippen molar-refractivity contribution in [1.82, 2.24) is 15.5 Å². The van der Waals surface area contributed by atoms with Gasteiger partial charge in [0.1, 0.15) is 0 Å². The van der Waals surface area contributed by atoms with Crippen LogP contribution in [0.2, 0.25) is 0 Å². The van der Waals surface area contributed by atoms with Crippen LogP contribution in [0.25, 0.3) is 0 Å². The first-order valence-corrected chi connectivity index (χ1v) is 8.04. The summed E-state index contributed by atoms with van der Waals surface area (Å²) in [6, 6.07) is 0. The molecule has 1 heterocycles. The van der Waals surface area contributed by atoms with E-state index in [4.69, 9.17) is 4.99 Å². The summed E-state index contributed by atoms with van der Waals surface area (Å²) in [5.74, 6) is 1.76. The molecule has 0 atom stereocenters. The average Bonchev–Trinajstić information content (AvgIpc) is 2.44. The molecule has 0 spiro atoms. The molecule has 4 heteroatoms. The molecule has 112 valence electrons. The Morgan fingerprint density at radius 2 is 1.84 bits per heavy atom. The minimum absolute atomic E-state index is 0.769. The van der Waals surface area contributed by atoms with Gasteiger partial charge in [-0.05, 0) is 58.2 Å². The number of nitrogens with one attached hydrogen (secondary N) is 2. The van der Waals surface area contributed by atoms with Gasteiger partial charge < -0.3 is 15.5 Å². The molecule has 1 fully saturated rings. The van der Waals surface area contributed by atoms with Gasteiger partial charge in [0.05, 0.1) is 0 Å². The van der Waals surface area contributed by atoms with Crippen LogP contribution in [0.3, 0.4) is 0 Å². The molecule has 0 amide bonds. The number of guanidine groups is 1. The van der Waals surface area contributed by atoms with Crippen molar-refractivity contribution < 1.29 is 0 Å². The smallest absolute Gasteiger partial charge is 0.191 e. The van der Waals surface area contributed by atoms with Crippen molar-refractivity contribution in [2.45, 2.75) is 46.5 Å². The highest BCUT2D eigenvalue weighted by Crippen LogP contribution is 2.17. The summed E-state index contributed by atoms with van der Waals surface area (Å²) in [7, 11) is 0. The lowest BCUT2D eigenvalue weighted by atomic mass is 9.97. The number of nitrogens with zero attached hydrogens (tertiary/aromatic N) is 2. The van der Waals surface area contributed by atoms with Gasteiger partial charge >= 0.3 is 0 Å². The van der Waals surface area contributed by atoms with E-state index in [9.17, 15) is 0 Å². The van der Waals surface area contributed by atoms with E-state index >= 15 is 0 Å². The molecule has 0 aromatic carbocycles. The molecular formula is C15H32N4. The van der Waals surface area contributed by atoms with Crippen LogP contribution in [-0.4, -0.2) is 50.1 Å². The standard InChI is InChI=1S/C15H32N4/c1-4-9-17-15(16-6-3)18-13-14-7-11-19(10-5-2)12-8-14/h14H,4-13H2,1-3H3,(H2,16,17,18). The largest absolute Gasteiger partial charge is 0.357 e. The maximum Gasteiger partial charge on any atom is 0.191 e. The molecule has 1 aliphatic rings. The van der Waals surface area contributed by atoms with E-state index in [0.29, 0.717) is 0 Å². The molecule has 1 rings (SSSR count). The quantitative estimate of drug-likeness (QED) is 0.548. The predicted molar refractivity (Wildman–Crippen MR) is 83.7 cm³/mol. The predicted octanol–water partition coefficient (Wildman–Crippen LogP) is 2.07. The molecule has 0 aromatic heterocycles. The molecule has 4 nitrogen and oxygen atoms in total. The second-order valence-corrected chi connectivity index (χ2v) is 5.43. The molecule has 0 radical (unpaired) electrons. The molecule has 0 saturated carbocycles. The highest BCUT2D eigenvalue weighted by molar-refractivity contribution is 5.79. The highest BCUT2D eigenvalue weighted by Gasteiger charge is 2.18. The Morgan fingerprint density at radius 3 is 2.42 bits per heavy atom. The molecule has 0 bridgehead atoms. The number of aliphatic imine (C=N–C) groups is 1. The third-order valence-corrected chi connectivity index (χ3v) is 3.64. The van der Waals surface area contributed by atoms with Crippen molar-refractivity contribution in [2.75, 3.05) is 39.3 Å². The molecule has 2 N–H and O–H groups in total. The summed E-state index contributed by atoms with van der Waals surface area (Å²) in [6.45, 7) is 13.2. The monoisotopic (exact) mass is 268 g/mol. The topological polar surface area (TPSA) is 39.7 Å². The summed E-state index contributed by atoms with van der Waals surface area (Å²) in [5.41, 5.74) is 0. The number of rotatable bonds is 7. The van der Waals surface area contributed by atoms with Crippen molar-refractivity contribution in [1.29, 1.82) is 0 Å². The zero-order chi connectivity index (χ0) is 13.9. The van der Waals surface area contributed by atoms with E-state index < -0.39 is 0 Å². The Kier molecular flexibility index (Phi) is 8.63. The van der Waals surface area contributed by atoms with Crippen LogP contribution in [0.4, 0.5) is 0 Å². The van der Waals surface area contributed by atoms with Crippen molar-refractivity contribution >= 4 is 5.96 Å². The fourth-order valence-corrected chi connectivity index (χ4v) is 2.51. The molecule has 19 heavy (non-hydrogen) atoms. The second kappa shape index (κ2) is 10.1. The van der Waals surface area contributed by atoms with Gasteiger partial charge in [0, 0.05) is 19.6 Å². The van der Waals surface area contributed by atoms with Gasteiger partial charge in [-0.15, -0.1) is 0 Å². The molecule has 0 aliphatic carbocycles. The Morgan fingerprint density at radius 1 is 1.11 bits per heavy atom. The van der Waals surface area contributed by atoms with Crippen LogP contribution in [0.1, 0.15) is 46.5 Å². The zero-order valence-electron chi connectivity index (χ0n) is 13.0. The maximum atomic E-state index is 4.72. The molecule has 0 unspecified atom stereocenters. The Bertz CT molecular complexity index is 245. The Labute approximate surface area is 119 Å². The fourth-order valence-electron chi connectivity index (χ4n) is 2.51. The summed E-state index contributed by atoms with van der Waals surface area (Å²) in [6.07, 6.45) is 5.02. The van der Waals surface area contributed by atoms with E-state index in [2.05, 4.69) is 36.3 Å². The maximum absolute atomic E-state index is 4.72. The van der Waals surface area contributed by atoms with Gasteiger partial charge in [0.25, 0.3) is 0 Å². The van der Waals surface area contributed by atoms with E-state index in [1.54, 1.807) is 0 Å².